The SMILES string of the molecule is CC(=O)O[C@H]1C[C@H]2[C@@]3(C)CC[C@@H](OC(C)=O)C(C)(C)[C@@H]3CC[C@@]2(C)[C@]2(C)CC[C@H]([C@]3(C)CC[C@H](C(C)(C)O)O3)[C@H]12. The number of rotatable bonds is 4. The fourth-order valence-electron chi connectivity index (χ4n) is 11.8. The third-order valence-electron chi connectivity index (χ3n) is 13.8. The van der Waals surface area contributed by atoms with E-state index in [1.165, 1.54) is 6.92 Å². The summed E-state index contributed by atoms with van der Waals surface area (Å²) in [5, 5.41) is 10.8. The lowest BCUT2D eigenvalue weighted by atomic mass is 9.35. The number of ether oxygens (including phenoxy) is 3. The lowest BCUT2D eigenvalue weighted by molar-refractivity contribution is -0.254. The Kier molecular flexibility index (Phi) is 7.15. The van der Waals surface area contributed by atoms with Gasteiger partial charge >= 0.3 is 11.9 Å². The first-order valence-electron chi connectivity index (χ1n) is 16.0. The second kappa shape index (κ2) is 9.43. The summed E-state index contributed by atoms with van der Waals surface area (Å²) in [5.74, 6) is 1.00. The highest BCUT2D eigenvalue weighted by Gasteiger charge is 2.72. The number of carbonyl (C=O) groups excluding carboxylic acids is 2. The number of esters is 2. The van der Waals surface area contributed by atoms with Crippen LogP contribution in [0.1, 0.15) is 127 Å². The summed E-state index contributed by atoms with van der Waals surface area (Å²) in [4.78, 5) is 24.6. The molecule has 0 bridgehead atoms. The zero-order valence-corrected chi connectivity index (χ0v) is 26.9. The molecule has 1 N–H and O–H groups in total. The van der Waals surface area contributed by atoms with Crippen LogP contribution >= 0.6 is 0 Å². The fraction of sp³-hybridized carbons (Fsp3) is 0.941. The van der Waals surface area contributed by atoms with Crippen molar-refractivity contribution < 1.29 is 28.9 Å². The first kappa shape index (κ1) is 30.3. The maximum atomic E-state index is 12.6. The molecule has 1 aliphatic heterocycles. The third-order valence-corrected chi connectivity index (χ3v) is 13.8. The molecular weight excluding hydrogens is 504 g/mol. The molecule has 0 radical (unpaired) electrons. The van der Waals surface area contributed by atoms with Crippen molar-refractivity contribution in [1.29, 1.82) is 0 Å². The van der Waals surface area contributed by atoms with E-state index in [9.17, 15) is 14.7 Å². The van der Waals surface area contributed by atoms with E-state index >= 15 is 0 Å². The molecule has 4 aliphatic carbocycles. The first-order valence-corrected chi connectivity index (χ1v) is 16.0. The maximum Gasteiger partial charge on any atom is 0.302 e. The van der Waals surface area contributed by atoms with Gasteiger partial charge in [0.1, 0.15) is 12.2 Å². The minimum absolute atomic E-state index is 0.0186. The highest BCUT2D eigenvalue weighted by molar-refractivity contribution is 5.66. The molecule has 0 unspecified atom stereocenters. The molecule has 40 heavy (non-hydrogen) atoms. The summed E-state index contributed by atoms with van der Waals surface area (Å²) in [6.45, 7) is 21.2. The second-order valence-corrected chi connectivity index (χ2v) is 16.6. The second-order valence-electron chi connectivity index (χ2n) is 16.6. The van der Waals surface area contributed by atoms with Gasteiger partial charge in [-0.25, -0.2) is 0 Å². The van der Waals surface area contributed by atoms with E-state index in [0.717, 1.165) is 57.8 Å². The summed E-state index contributed by atoms with van der Waals surface area (Å²) in [5.41, 5.74) is -1.10. The smallest absolute Gasteiger partial charge is 0.302 e. The van der Waals surface area contributed by atoms with Gasteiger partial charge in [0.25, 0.3) is 0 Å². The van der Waals surface area contributed by atoms with Gasteiger partial charge in [-0.15, -0.1) is 0 Å². The van der Waals surface area contributed by atoms with Gasteiger partial charge in [0.2, 0.25) is 0 Å². The normalized spacial score (nSPS) is 49.9. The van der Waals surface area contributed by atoms with Gasteiger partial charge in [-0.3, -0.25) is 9.59 Å². The molecule has 0 aromatic rings. The van der Waals surface area contributed by atoms with Gasteiger partial charge in [0.05, 0.1) is 17.3 Å². The summed E-state index contributed by atoms with van der Waals surface area (Å²) in [6, 6.07) is 0. The number of fused-ring (bicyclic) bond motifs is 5. The molecule has 0 aromatic carbocycles. The van der Waals surface area contributed by atoms with Crippen LogP contribution in [0.25, 0.3) is 0 Å². The first-order chi connectivity index (χ1) is 18.3. The van der Waals surface area contributed by atoms with E-state index in [4.69, 9.17) is 14.2 Å². The van der Waals surface area contributed by atoms with E-state index in [2.05, 4.69) is 41.5 Å². The predicted molar refractivity (Wildman–Crippen MR) is 154 cm³/mol. The molecule has 4 saturated carbocycles. The third kappa shape index (κ3) is 4.31. The molecule has 5 rings (SSSR count). The number of hydrogen-bond donors (Lipinski definition) is 1. The Morgan fingerprint density at radius 2 is 1.43 bits per heavy atom. The van der Waals surface area contributed by atoms with Gasteiger partial charge in [-0.1, -0.05) is 34.6 Å². The zero-order chi connectivity index (χ0) is 29.7. The minimum atomic E-state index is -0.872. The highest BCUT2D eigenvalue weighted by Crippen LogP contribution is 2.76. The Balaban J connectivity index is 1.52. The van der Waals surface area contributed by atoms with Crippen LogP contribution in [0.4, 0.5) is 0 Å². The van der Waals surface area contributed by atoms with Crippen molar-refractivity contribution in [2.45, 2.75) is 157 Å². The molecule has 0 amide bonds. The minimum Gasteiger partial charge on any atom is -0.462 e. The lowest BCUT2D eigenvalue weighted by Gasteiger charge is -2.70. The molecule has 1 saturated heterocycles. The van der Waals surface area contributed by atoms with Crippen LogP contribution in [0.5, 0.6) is 0 Å². The van der Waals surface area contributed by atoms with Gasteiger partial charge in [0, 0.05) is 25.2 Å². The Labute approximate surface area is 242 Å². The summed E-state index contributed by atoms with van der Waals surface area (Å²) in [7, 11) is 0. The molecule has 0 aromatic heterocycles. The molecular formula is C34H56O6. The average Bonchev–Trinajstić information content (AvgIpc) is 3.39. The largest absolute Gasteiger partial charge is 0.462 e. The Bertz CT molecular complexity index is 1030. The van der Waals surface area contributed by atoms with Crippen LogP contribution in [0.2, 0.25) is 0 Å². The van der Waals surface area contributed by atoms with Crippen molar-refractivity contribution in [3.05, 3.63) is 0 Å². The molecule has 11 atom stereocenters. The van der Waals surface area contributed by atoms with Crippen LogP contribution in [-0.4, -0.2) is 46.6 Å². The fourth-order valence-corrected chi connectivity index (χ4v) is 11.8. The van der Waals surface area contributed by atoms with Gasteiger partial charge in [-0.05, 0) is 113 Å². The number of hydrogen-bond acceptors (Lipinski definition) is 6. The average molecular weight is 561 g/mol. The lowest BCUT2D eigenvalue weighted by Crippen LogP contribution is -2.67. The van der Waals surface area contributed by atoms with E-state index in [-0.39, 0.29) is 69.3 Å². The zero-order valence-electron chi connectivity index (χ0n) is 26.9. The molecule has 6 nitrogen and oxygen atoms in total. The van der Waals surface area contributed by atoms with Gasteiger partial charge in [-0.2, -0.15) is 0 Å². The number of carbonyl (C=O) groups is 2. The van der Waals surface area contributed by atoms with Crippen LogP contribution in [0.3, 0.4) is 0 Å². The van der Waals surface area contributed by atoms with Gasteiger partial charge < -0.3 is 19.3 Å². The monoisotopic (exact) mass is 560 g/mol. The molecule has 1 heterocycles. The van der Waals surface area contributed by atoms with Crippen molar-refractivity contribution in [3.63, 3.8) is 0 Å². The standard InChI is InChI=1S/C34H56O6/c1-20(35)38-23-19-25-31(7)15-13-26(39-21(2)36)29(3,4)24(31)12-17-32(25,8)33(9)16-11-22(28(23)33)34(10)18-14-27(40-34)30(5,6)37/h22-28,37H,11-19H2,1-10H3/t22-,23-,24-,25-,26+,27+,28+,31-,32+,33+,34-/m0/s1. The van der Waals surface area contributed by atoms with Crippen molar-refractivity contribution in [2.24, 2.45) is 45.3 Å². The summed E-state index contributed by atoms with van der Waals surface area (Å²) >= 11 is 0. The molecule has 5 aliphatic rings. The molecule has 5 fully saturated rings. The highest BCUT2D eigenvalue weighted by atomic mass is 16.6. The van der Waals surface area contributed by atoms with Crippen LogP contribution < -0.4 is 0 Å². The van der Waals surface area contributed by atoms with Crippen molar-refractivity contribution >= 4 is 11.9 Å². The summed E-state index contributed by atoms with van der Waals surface area (Å²) in [6.07, 6.45) is 8.68. The van der Waals surface area contributed by atoms with Gasteiger partial charge in [0.15, 0.2) is 0 Å². The molecule has 0 spiro atoms. The van der Waals surface area contributed by atoms with Crippen molar-refractivity contribution in [2.75, 3.05) is 0 Å². The van der Waals surface area contributed by atoms with E-state index in [1.807, 2.05) is 13.8 Å². The quantitative estimate of drug-likeness (QED) is 0.379. The topological polar surface area (TPSA) is 82.1 Å². The molecule has 228 valence electrons. The van der Waals surface area contributed by atoms with Crippen molar-refractivity contribution in [3.8, 4) is 0 Å². The van der Waals surface area contributed by atoms with Crippen LogP contribution in [0.15, 0.2) is 0 Å². The predicted octanol–water partition coefficient (Wildman–Crippen LogP) is 6.85. The Hall–Kier alpha value is -1.14. The molecule has 6 heteroatoms. The van der Waals surface area contributed by atoms with Crippen LogP contribution in [0, 0.1) is 45.3 Å². The Morgan fingerprint density at radius 3 is 2.00 bits per heavy atom. The maximum absolute atomic E-state index is 12.6. The van der Waals surface area contributed by atoms with Crippen molar-refractivity contribution in [1.82, 2.24) is 0 Å². The Morgan fingerprint density at radius 1 is 0.800 bits per heavy atom. The summed E-state index contributed by atoms with van der Waals surface area (Å²) < 4.78 is 19.0. The number of aliphatic hydroxyl groups is 1. The van der Waals surface area contributed by atoms with E-state index in [1.54, 1.807) is 6.92 Å². The van der Waals surface area contributed by atoms with E-state index < -0.39 is 5.60 Å². The van der Waals surface area contributed by atoms with Crippen LogP contribution in [-0.2, 0) is 23.8 Å². The van der Waals surface area contributed by atoms with E-state index in [0.29, 0.717) is 11.8 Å².